The molecule has 3 heterocycles. The monoisotopic (exact) mass is 549 g/mol. The second-order valence-corrected chi connectivity index (χ2v) is 10.9. The molecule has 1 aliphatic rings. The quantitative estimate of drug-likeness (QED) is 0.220. The summed E-state index contributed by atoms with van der Waals surface area (Å²) >= 11 is 1.76. The zero-order valence-electron chi connectivity index (χ0n) is 22.3. The summed E-state index contributed by atoms with van der Waals surface area (Å²) in [6.45, 7) is 5.74. The van der Waals surface area contributed by atoms with Crippen molar-refractivity contribution in [2.75, 3.05) is 0 Å². The number of ether oxygens (including phenoxy) is 4. The van der Waals surface area contributed by atoms with Gasteiger partial charge in [-0.3, -0.25) is 14.4 Å². The van der Waals surface area contributed by atoms with E-state index in [1.807, 2.05) is 48.0 Å². The maximum atomic E-state index is 12.3. The van der Waals surface area contributed by atoms with E-state index in [-0.39, 0.29) is 0 Å². The number of thiophene rings is 1. The predicted molar refractivity (Wildman–Crippen MR) is 147 cm³/mol. The van der Waals surface area contributed by atoms with Crippen molar-refractivity contribution in [3.63, 3.8) is 0 Å². The summed E-state index contributed by atoms with van der Waals surface area (Å²) in [5.41, 5.74) is 1.97. The normalized spacial score (nSPS) is 23.0. The first-order valence-electron chi connectivity index (χ1n) is 13.0. The Hall–Kier alpha value is -3.69. The van der Waals surface area contributed by atoms with E-state index in [9.17, 15) is 14.4 Å². The molecule has 0 aliphatic carbocycles. The van der Waals surface area contributed by atoms with E-state index >= 15 is 0 Å². The van der Waals surface area contributed by atoms with Gasteiger partial charge in [0.2, 0.25) is 0 Å². The average molecular weight is 550 g/mol. The SMILES string of the molecule is CC[C@H]1O[C@@H](n2cc(Cc3cc4ccccc4s3)c3ccccc32)[C@H](OC(C)=O)[C@@H](OC(C)=O)[C@@H]1OC(C)=O. The number of fused-ring (bicyclic) bond motifs is 2. The largest absolute Gasteiger partial charge is 0.456 e. The molecule has 0 N–H and O–H groups in total. The highest BCUT2D eigenvalue weighted by atomic mass is 32.1. The number of hydrogen-bond donors (Lipinski definition) is 0. The lowest BCUT2D eigenvalue weighted by molar-refractivity contribution is -0.262. The molecule has 8 nitrogen and oxygen atoms in total. The number of rotatable bonds is 7. The third-order valence-corrected chi connectivity index (χ3v) is 7.97. The fraction of sp³-hybridized carbons (Fsp3) is 0.367. The van der Waals surface area contributed by atoms with Crippen molar-refractivity contribution in [3.05, 3.63) is 71.2 Å². The van der Waals surface area contributed by atoms with Crippen LogP contribution in [0.4, 0.5) is 0 Å². The molecule has 39 heavy (non-hydrogen) atoms. The van der Waals surface area contributed by atoms with Crippen LogP contribution in [0.3, 0.4) is 0 Å². The summed E-state index contributed by atoms with van der Waals surface area (Å²) in [6.07, 6.45) is -1.25. The smallest absolute Gasteiger partial charge is 0.303 e. The van der Waals surface area contributed by atoms with Gasteiger partial charge in [0.15, 0.2) is 24.5 Å². The number of carbonyl (C=O) groups is 3. The Morgan fingerprint density at radius 1 is 0.872 bits per heavy atom. The summed E-state index contributed by atoms with van der Waals surface area (Å²) in [4.78, 5) is 37.6. The first-order chi connectivity index (χ1) is 18.7. The molecular formula is C30H31NO7S. The molecule has 2 aromatic carbocycles. The van der Waals surface area contributed by atoms with Crippen molar-refractivity contribution in [3.8, 4) is 0 Å². The fourth-order valence-electron chi connectivity index (χ4n) is 5.36. The third-order valence-electron chi connectivity index (χ3n) is 6.86. The molecule has 5 atom stereocenters. The molecule has 1 saturated heterocycles. The van der Waals surface area contributed by atoms with Gasteiger partial charge in [-0.15, -0.1) is 11.3 Å². The fourth-order valence-corrected chi connectivity index (χ4v) is 6.45. The summed E-state index contributed by atoms with van der Waals surface area (Å²) < 4.78 is 26.6. The van der Waals surface area contributed by atoms with E-state index in [4.69, 9.17) is 18.9 Å². The minimum Gasteiger partial charge on any atom is -0.456 e. The molecule has 1 aliphatic heterocycles. The molecular weight excluding hydrogens is 518 g/mol. The van der Waals surface area contributed by atoms with Gasteiger partial charge in [-0.1, -0.05) is 43.3 Å². The Labute approximate surface area is 230 Å². The number of esters is 3. The second kappa shape index (κ2) is 11.2. The van der Waals surface area contributed by atoms with Gasteiger partial charge in [0.1, 0.15) is 6.10 Å². The Morgan fingerprint density at radius 2 is 1.51 bits per heavy atom. The zero-order valence-corrected chi connectivity index (χ0v) is 23.1. The Morgan fingerprint density at radius 3 is 2.21 bits per heavy atom. The van der Waals surface area contributed by atoms with Gasteiger partial charge >= 0.3 is 17.9 Å². The topological polar surface area (TPSA) is 93.1 Å². The first-order valence-corrected chi connectivity index (χ1v) is 13.8. The van der Waals surface area contributed by atoms with E-state index in [1.165, 1.54) is 35.7 Å². The standard InChI is InChI=1S/C30H31NO7S/c1-5-25-27(35-17(2)32)28(36-18(3)33)29(37-19(4)34)30(38-25)31-16-21(23-11-7-8-12-24(23)31)15-22-14-20-10-6-9-13-26(20)39-22/h6-14,16,25,27-30H,5,15H2,1-4H3/t25-,27-,28+,29-,30-/m1/s1. The van der Waals surface area contributed by atoms with E-state index < -0.39 is 48.6 Å². The molecule has 0 radical (unpaired) electrons. The van der Waals surface area contributed by atoms with Crippen LogP contribution in [0, 0.1) is 0 Å². The van der Waals surface area contributed by atoms with Crippen molar-refractivity contribution in [1.29, 1.82) is 0 Å². The van der Waals surface area contributed by atoms with Crippen LogP contribution in [0.2, 0.25) is 0 Å². The van der Waals surface area contributed by atoms with Gasteiger partial charge in [0.25, 0.3) is 0 Å². The Bertz CT molecular complexity index is 1490. The number of hydrogen-bond acceptors (Lipinski definition) is 8. The Kier molecular flexibility index (Phi) is 7.72. The van der Waals surface area contributed by atoms with E-state index in [0.29, 0.717) is 12.8 Å². The molecule has 2 aromatic heterocycles. The lowest BCUT2D eigenvalue weighted by Gasteiger charge is -2.45. The van der Waals surface area contributed by atoms with Gasteiger partial charge in [0.05, 0.1) is 5.52 Å². The first kappa shape index (κ1) is 26.9. The van der Waals surface area contributed by atoms with Crippen molar-refractivity contribution in [1.82, 2.24) is 4.57 Å². The molecule has 0 saturated carbocycles. The average Bonchev–Trinajstić information content (AvgIpc) is 3.46. The number of carbonyl (C=O) groups excluding carboxylic acids is 3. The van der Waals surface area contributed by atoms with Crippen molar-refractivity contribution < 1.29 is 33.3 Å². The van der Waals surface area contributed by atoms with Crippen LogP contribution in [-0.4, -0.2) is 46.9 Å². The van der Waals surface area contributed by atoms with Crippen molar-refractivity contribution in [2.24, 2.45) is 0 Å². The van der Waals surface area contributed by atoms with Crippen LogP contribution in [-0.2, 0) is 39.8 Å². The summed E-state index contributed by atoms with van der Waals surface area (Å²) in [6, 6.07) is 18.5. The van der Waals surface area contributed by atoms with Crippen molar-refractivity contribution >= 4 is 50.2 Å². The molecule has 9 heteroatoms. The highest BCUT2D eigenvalue weighted by Gasteiger charge is 2.52. The van der Waals surface area contributed by atoms with Crippen molar-refractivity contribution in [2.45, 2.75) is 71.2 Å². The summed E-state index contributed by atoms with van der Waals surface area (Å²) in [5, 5.41) is 2.25. The van der Waals surface area contributed by atoms with Crippen LogP contribution in [0.25, 0.3) is 21.0 Å². The van der Waals surface area contributed by atoms with Crippen LogP contribution >= 0.6 is 11.3 Å². The zero-order chi connectivity index (χ0) is 27.7. The maximum absolute atomic E-state index is 12.3. The van der Waals surface area contributed by atoms with Gasteiger partial charge in [-0.25, -0.2) is 0 Å². The Balaban J connectivity index is 1.60. The molecule has 0 unspecified atom stereocenters. The number of para-hydroxylation sites is 1. The highest BCUT2D eigenvalue weighted by molar-refractivity contribution is 7.19. The number of aromatic nitrogens is 1. The lowest BCUT2D eigenvalue weighted by Crippen LogP contribution is -2.59. The molecule has 0 amide bonds. The van der Waals surface area contributed by atoms with Gasteiger partial charge < -0.3 is 23.5 Å². The van der Waals surface area contributed by atoms with Crippen LogP contribution in [0.5, 0.6) is 0 Å². The predicted octanol–water partition coefficient (Wildman–Crippen LogP) is 5.55. The van der Waals surface area contributed by atoms with Gasteiger partial charge in [-0.05, 0) is 35.6 Å². The third kappa shape index (κ3) is 5.55. The molecule has 0 spiro atoms. The molecule has 204 valence electrons. The number of nitrogens with zero attached hydrogens (tertiary/aromatic N) is 1. The summed E-state index contributed by atoms with van der Waals surface area (Å²) in [5.74, 6) is -1.69. The van der Waals surface area contributed by atoms with Gasteiger partial charge in [0, 0.05) is 48.4 Å². The minimum atomic E-state index is -1.05. The van der Waals surface area contributed by atoms with Gasteiger partial charge in [-0.2, -0.15) is 0 Å². The van der Waals surface area contributed by atoms with Crippen LogP contribution in [0.1, 0.15) is 50.8 Å². The second-order valence-electron chi connectivity index (χ2n) is 9.70. The lowest BCUT2D eigenvalue weighted by atomic mass is 9.95. The molecule has 5 rings (SSSR count). The summed E-state index contributed by atoms with van der Waals surface area (Å²) in [7, 11) is 0. The van der Waals surface area contributed by atoms with Crippen LogP contribution < -0.4 is 0 Å². The van der Waals surface area contributed by atoms with E-state index in [2.05, 4.69) is 24.3 Å². The van der Waals surface area contributed by atoms with E-state index in [0.717, 1.165) is 16.5 Å². The maximum Gasteiger partial charge on any atom is 0.303 e. The molecule has 0 bridgehead atoms. The highest BCUT2D eigenvalue weighted by Crippen LogP contribution is 2.39. The molecule has 1 fully saturated rings. The van der Waals surface area contributed by atoms with E-state index in [1.54, 1.807) is 11.3 Å². The molecule has 4 aromatic rings. The van der Waals surface area contributed by atoms with Crippen LogP contribution in [0.15, 0.2) is 60.8 Å². The minimum absolute atomic E-state index is 0.479. The number of benzene rings is 2.